The summed E-state index contributed by atoms with van der Waals surface area (Å²) in [5.41, 5.74) is 1.62. The first-order chi connectivity index (χ1) is 12.1. The van der Waals surface area contributed by atoms with Crippen LogP contribution >= 0.6 is 0 Å². The minimum atomic E-state index is -0.596. The number of rotatable bonds is 12. The quantitative estimate of drug-likeness (QED) is 0.414. The van der Waals surface area contributed by atoms with Gasteiger partial charge in [-0.15, -0.1) is 0 Å². The van der Waals surface area contributed by atoms with Crippen LogP contribution in [0.3, 0.4) is 0 Å². The van der Waals surface area contributed by atoms with E-state index in [2.05, 4.69) is 17.6 Å². The van der Waals surface area contributed by atoms with Gasteiger partial charge in [0.2, 0.25) is 0 Å². The summed E-state index contributed by atoms with van der Waals surface area (Å²) in [5, 5.41) is 5.35. The molecule has 0 unspecified atom stereocenters. The van der Waals surface area contributed by atoms with Crippen molar-refractivity contribution in [2.24, 2.45) is 0 Å². The Labute approximate surface area is 152 Å². The van der Waals surface area contributed by atoms with E-state index in [1.54, 1.807) is 6.07 Å². The van der Waals surface area contributed by atoms with Crippen LogP contribution in [-0.4, -0.2) is 18.4 Å². The van der Waals surface area contributed by atoms with E-state index in [0.717, 1.165) is 18.4 Å². The molecule has 0 aliphatic carbocycles. The molecule has 2 N–H and O–H groups in total. The number of amides is 2. The van der Waals surface area contributed by atoms with Gasteiger partial charge in [-0.05, 0) is 25.0 Å². The van der Waals surface area contributed by atoms with Gasteiger partial charge in [0.1, 0.15) is 0 Å². The Kier molecular flexibility index (Phi) is 11.4. The number of anilines is 1. The van der Waals surface area contributed by atoms with Crippen LogP contribution in [0.4, 0.5) is 5.69 Å². The molecule has 25 heavy (non-hydrogen) atoms. The summed E-state index contributed by atoms with van der Waals surface area (Å²) in [6.45, 7) is 4.71. The number of hydrogen-bond donors (Lipinski definition) is 2. The zero-order chi connectivity index (χ0) is 18.3. The lowest BCUT2D eigenvalue weighted by atomic mass is 10.1. The molecule has 0 aliphatic rings. The molecule has 4 nitrogen and oxygen atoms in total. The monoisotopic (exact) mass is 346 g/mol. The number of benzene rings is 1. The van der Waals surface area contributed by atoms with E-state index in [9.17, 15) is 9.59 Å². The lowest BCUT2D eigenvalue weighted by molar-refractivity contribution is -0.136. The zero-order valence-electron chi connectivity index (χ0n) is 15.9. The summed E-state index contributed by atoms with van der Waals surface area (Å²) in [6, 6.07) is 7.43. The molecule has 0 heterocycles. The molecule has 0 atom stereocenters. The molecule has 0 aliphatic heterocycles. The third kappa shape index (κ3) is 9.90. The molecule has 0 fully saturated rings. The van der Waals surface area contributed by atoms with Crippen molar-refractivity contribution in [3.05, 3.63) is 29.8 Å². The number of hydrogen-bond acceptors (Lipinski definition) is 2. The molecular weight excluding hydrogens is 312 g/mol. The van der Waals surface area contributed by atoms with Gasteiger partial charge < -0.3 is 10.6 Å². The molecular formula is C21H34N2O2. The maximum absolute atomic E-state index is 11.9. The Bertz CT molecular complexity index is 514. The van der Waals surface area contributed by atoms with Gasteiger partial charge in [-0.25, -0.2) is 0 Å². The van der Waals surface area contributed by atoms with Crippen LogP contribution in [0.25, 0.3) is 0 Å². The first kappa shape index (κ1) is 21.2. The molecule has 0 saturated heterocycles. The zero-order valence-corrected chi connectivity index (χ0v) is 15.9. The highest BCUT2D eigenvalue weighted by atomic mass is 16.2. The van der Waals surface area contributed by atoms with Crippen LogP contribution in [0, 0.1) is 6.92 Å². The second-order valence-corrected chi connectivity index (χ2v) is 6.71. The highest BCUT2D eigenvalue weighted by Crippen LogP contribution is 2.13. The third-order valence-corrected chi connectivity index (χ3v) is 4.42. The normalized spacial score (nSPS) is 10.5. The van der Waals surface area contributed by atoms with E-state index in [1.807, 2.05) is 25.1 Å². The number of carbonyl (C=O) groups excluding carboxylic acids is 2. The van der Waals surface area contributed by atoms with E-state index >= 15 is 0 Å². The van der Waals surface area contributed by atoms with E-state index in [1.165, 1.54) is 51.4 Å². The third-order valence-electron chi connectivity index (χ3n) is 4.42. The number of nitrogens with one attached hydrogen (secondary N) is 2. The lowest BCUT2D eigenvalue weighted by Crippen LogP contribution is -2.36. The molecule has 140 valence electrons. The summed E-state index contributed by atoms with van der Waals surface area (Å²) in [6.07, 6.45) is 12.6. The van der Waals surface area contributed by atoms with Gasteiger partial charge in [-0.1, -0.05) is 82.9 Å². The molecule has 1 aromatic rings. The molecule has 1 rings (SSSR count). The van der Waals surface area contributed by atoms with Crippen molar-refractivity contribution in [3.8, 4) is 0 Å². The molecule has 0 spiro atoms. The second-order valence-electron chi connectivity index (χ2n) is 6.71. The molecule has 4 heteroatoms. The number of para-hydroxylation sites is 1. The van der Waals surface area contributed by atoms with Crippen LogP contribution in [-0.2, 0) is 9.59 Å². The van der Waals surface area contributed by atoms with E-state index in [-0.39, 0.29) is 0 Å². The fourth-order valence-electron chi connectivity index (χ4n) is 2.79. The van der Waals surface area contributed by atoms with Gasteiger partial charge in [0.05, 0.1) is 0 Å². The summed E-state index contributed by atoms with van der Waals surface area (Å²) >= 11 is 0. The molecule has 1 aromatic carbocycles. The Hall–Kier alpha value is -1.84. The Morgan fingerprint density at radius 3 is 1.96 bits per heavy atom. The van der Waals surface area contributed by atoms with Crippen molar-refractivity contribution in [2.45, 2.75) is 78.1 Å². The molecule has 0 bridgehead atoms. The smallest absolute Gasteiger partial charge is 0.313 e. The highest BCUT2D eigenvalue weighted by molar-refractivity contribution is 6.39. The van der Waals surface area contributed by atoms with Gasteiger partial charge in [-0.2, -0.15) is 0 Å². The first-order valence-corrected chi connectivity index (χ1v) is 9.80. The van der Waals surface area contributed by atoms with Crippen LogP contribution in [0.5, 0.6) is 0 Å². The summed E-state index contributed by atoms with van der Waals surface area (Å²) in [5.74, 6) is -1.15. The molecule has 0 radical (unpaired) electrons. The average molecular weight is 347 g/mol. The predicted molar refractivity (Wildman–Crippen MR) is 105 cm³/mol. The predicted octanol–water partition coefficient (Wildman–Crippen LogP) is 4.97. The van der Waals surface area contributed by atoms with Crippen molar-refractivity contribution >= 4 is 17.5 Å². The minimum Gasteiger partial charge on any atom is -0.348 e. The molecule has 0 saturated carbocycles. The van der Waals surface area contributed by atoms with Gasteiger partial charge in [0.15, 0.2) is 0 Å². The van der Waals surface area contributed by atoms with Crippen molar-refractivity contribution < 1.29 is 9.59 Å². The van der Waals surface area contributed by atoms with Crippen LogP contribution in [0.2, 0.25) is 0 Å². The van der Waals surface area contributed by atoms with E-state index in [4.69, 9.17) is 0 Å². The largest absolute Gasteiger partial charge is 0.348 e. The summed E-state index contributed by atoms with van der Waals surface area (Å²) in [4.78, 5) is 23.7. The van der Waals surface area contributed by atoms with Gasteiger partial charge in [0, 0.05) is 12.2 Å². The highest BCUT2D eigenvalue weighted by Gasteiger charge is 2.13. The minimum absolute atomic E-state index is 0.556. The van der Waals surface area contributed by atoms with Crippen molar-refractivity contribution in [2.75, 3.05) is 11.9 Å². The van der Waals surface area contributed by atoms with Crippen LogP contribution in [0.1, 0.15) is 76.7 Å². The number of unbranched alkanes of at least 4 members (excludes halogenated alkanes) is 9. The number of carbonyl (C=O) groups is 2. The Balaban J connectivity index is 2.01. The summed E-state index contributed by atoms with van der Waals surface area (Å²) < 4.78 is 0. The van der Waals surface area contributed by atoms with Gasteiger partial charge >= 0.3 is 11.8 Å². The lowest BCUT2D eigenvalue weighted by Gasteiger charge is -2.08. The molecule has 2 amide bonds. The standard InChI is InChI=1S/C21H34N2O2/c1-3-4-5-6-7-8-9-10-11-14-17-22-20(24)21(25)23-19-16-13-12-15-18(19)2/h12-13,15-16H,3-11,14,17H2,1-2H3,(H,22,24)(H,23,25). The molecule has 0 aromatic heterocycles. The SMILES string of the molecule is CCCCCCCCCCCCNC(=O)C(=O)Nc1ccccc1C. The summed E-state index contributed by atoms with van der Waals surface area (Å²) in [7, 11) is 0. The van der Waals surface area contributed by atoms with Gasteiger partial charge in [0.25, 0.3) is 0 Å². The van der Waals surface area contributed by atoms with Crippen molar-refractivity contribution in [3.63, 3.8) is 0 Å². The fourth-order valence-corrected chi connectivity index (χ4v) is 2.79. The number of aryl methyl sites for hydroxylation is 1. The topological polar surface area (TPSA) is 58.2 Å². The Morgan fingerprint density at radius 1 is 0.800 bits per heavy atom. The maximum atomic E-state index is 11.9. The van der Waals surface area contributed by atoms with Crippen LogP contribution in [0.15, 0.2) is 24.3 Å². The second kappa shape index (κ2) is 13.5. The fraction of sp³-hybridized carbons (Fsp3) is 0.619. The van der Waals surface area contributed by atoms with E-state index in [0.29, 0.717) is 12.2 Å². The maximum Gasteiger partial charge on any atom is 0.313 e. The average Bonchev–Trinajstić information content (AvgIpc) is 2.61. The first-order valence-electron chi connectivity index (χ1n) is 9.80. The van der Waals surface area contributed by atoms with E-state index < -0.39 is 11.8 Å². The Morgan fingerprint density at radius 2 is 1.36 bits per heavy atom. The van der Waals surface area contributed by atoms with Crippen LogP contribution < -0.4 is 10.6 Å². The van der Waals surface area contributed by atoms with Crippen molar-refractivity contribution in [1.29, 1.82) is 0 Å². The van der Waals surface area contributed by atoms with Gasteiger partial charge in [-0.3, -0.25) is 9.59 Å². The van der Waals surface area contributed by atoms with Crippen molar-refractivity contribution in [1.82, 2.24) is 5.32 Å².